The van der Waals surface area contributed by atoms with Crippen molar-refractivity contribution in [2.24, 2.45) is 0 Å². The van der Waals surface area contributed by atoms with E-state index in [9.17, 15) is 9.90 Å². The van der Waals surface area contributed by atoms with Gasteiger partial charge >= 0.3 is 5.97 Å². The first-order valence-electron chi connectivity index (χ1n) is 5.52. The number of aryl methyl sites for hydroxylation is 1. The molecule has 0 aliphatic heterocycles. The Kier molecular flexibility index (Phi) is 3.62. The van der Waals surface area contributed by atoms with Crippen molar-refractivity contribution >= 4 is 5.97 Å². The zero-order valence-corrected chi connectivity index (χ0v) is 11.0. The lowest BCUT2D eigenvalue weighted by Crippen LogP contribution is -2.45. The van der Waals surface area contributed by atoms with Gasteiger partial charge in [0.15, 0.2) is 0 Å². The third-order valence-corrected chi connectivity index (χ3v) is 3.14. The van der Waals surface area contributed by atoms with Crippen molar-refractivity contribution in [3.8, 4) is 0 Å². The Labute approximate surface area is 101 Å². The molecule has 0 radical (unpaired) electrons. The van der Waals surface area contributed by atoms with E-state index in [4.69, 9.17) is 4.74 Å². The highest BCUT2D eigenvalue weighted by atomic mass is 16.5. The van der Waals surface area contributed by atoms with E-state index >= 15 is 0 Å². The van der Waals surface area contributed by atoms with Crippen molar-refractivity contribution in [3.63, 3.8) is 0 Å². The van der Waals surface area contributed by atoms with E-state index in [1.54, 1.807) is 37.9 Å². The predicted molar refractivity (Wildman–Crippen MR) is 64.0 cm³/mol. The van der Waals surface area contributed by atoms with Gasteiger partial charge in [-0.3, -0.25) is 0 Å². The fraction of sp³-hybridized carbons (Fsp3) is 0.667. The smallest absolute Gasteiger partial charge is 0.329 e. The molecule has 0 amide bonds. The van der Waals surface area contributed by atoms with Gasteiger partial charge in [-0.25, -0.2) is 9.78 Å². The Morgan fingerprint density at radius 3 is 2.47 bits per heavy atom. The van der Waals surface area contributed by atoms with E-state index in [1.165, 1.54) is 0 Å². The quantitative estimate of drug-likeness (QED) is 0.852. The van der Waals surface area contributed by atoms with Crippen LogP contribution in [0.25, 0.3) is 0 Å². The molecule has 17 heavy (non-hydrogen) atoms. The van der Waals surface area contributed by atoms with Gasteiger partial charge in [-0.2, -0.15) is 0 Å². The first-order chi connectivity index (χ1) is 7.73. The molecule has 0 aliphatic rings. The summed E-state index contributed by atoms with van der Waals surface area (Å²) in [6.07, 6.45) is 3.66. The summed E-state index contributed by atoms with van der Waals surface area (Å²) in [5, 5.41) is 9.48. The van der Waals surface area contributed by atoms with Crippen LogP contribution in [0.15, 0.2) is 12.4 Å². The van der Waals surface area contributed by atoms with Crippen LogP contribution in [0.4, 0.5) is 0 Å². The Hall–Kier alpha value is -1.36. The maximum absolute atomic E-state index is 11.6. The molecule has 0 bridgehead atoms. The number of methoxy groups -OCH3 is 1. The van der Waals surface area contributed by atoms with Gasteiger partial charge in [0, 0.05) is 25.9 Å². The zero-order chi connectivity index (χ0) is 13.3. The number of carboxylic acids is 1. The lowest BCUT2D eigenvalue weighted by molar-refractivity contribution is -0.150. The third kappa shape index (κ3) is 2.66. The molecule has 0 aliphatic carbocycles. The summed E-state index contributed by atoms with van der Waals surface area (Å²) in [6.45, 7) is 7.23. The number of rotatable bonds is 5. The molecular weight excluding hydrogens is 220 g/mol. The monoisotopic (exact) mass is 240 g/mol. The van der Waals surface area contributed by atoms with E-state index < -0.39 is 17.1 Å². The fourth-order valence-corrected chi connectivity index (χ4v) is 2.06. The van der Waals surface area contributed by atoms with Gasteiger partial charge in [0.05, 0.1) is 5.60 Å². The summed E-state index contributed by atoms with van der Waals surface area (Å²) in [5.74, 6) is -0.203. The molecule has 5 heteroatoms. The van der Waals surface area contributed by atoms with Gasteiger partial charge in [0.2, 0.25) is 0 Å². The number of hydrogen-bond acceptors (Lipinski definition) is 3. The van der Waals surface area contributed by atoms with Crippen LogP contribution in [0, 0.1) is 6.92 Å². The normalized spacial score (nSPS) is 15.6. The number of ether oxygens (including phenoxy) is 1. The van der Waals surface area contributed by atoms with Crippen LogP contribution in [-0.4, -0.2) is 33.3 Å². The minimum Gasteiger partial charge on any atom is -0.479 e. The highest BCUT2D eigenvalue weighted by molar-refractivity contribution is 5.76. The zero-order valence-electron chi connectivity index (χ0n) is 11.0. The molecule has 96 valence electrons. The molecule has 1 unspecified atom stereocenters. The summed E-state index contributed by atoms with van der Waals surface area (Å²) < 4.78 is 7.00. The van der Waals surface area contributed by atoms with E-state index in [0.29, 0.717) is 12.2 Å². The van der Waals surface area contributed by atoms with Crippen molar-refractivity contribution in [1.82, 2.24) is 9.55 Å². The molecule has 1 heterocycles. The van der Waals surface area contributed by atoms with Crippen LogP contribution in [0.2, 0.25) is 0 Å². The molecule has 5 nitrogen and oxygen atoms in total. The topological polar surface area (TPSA) is 64.3 Å². The number of aliphatic carboxylic acids is 1. The Bertz CT molecular complexity index is 412. The number of carbonyl (C=O) groups is 1. The largest absolute Gasteiger partial charge is 0.479 e. The van der Waals surface area contributed by atoms with Gasteiger partial charge in [-0.05, 0) is 27.7 Å². The lowest BCUT2D eigenvalue weighted by atomic mass is 9.87. The first-order valence-corrected chi connectivity index (χ1v) is 5.52. The molecule has 0 spiro atoms. The second-order valence-corrected chi connectivity index (χ2v) is 5.06. The number of imidazole rings is 1. The third-order valence-electron chi connectivity index (χ3n) is 3.14. The average Bonchev–Trinajstić information content (AvgIpc) is 2.64. The van der Waals surface area contributed by atoms with Gasteiger partial charge in [-0.1, -0.05) is 0 Å². The van der Waals surface area contributed by atoms with Crippen molar-refractivity contribution < 1.29 is 14.6 Å². The van der Waals surface area contributed by atoms with Gasteiger partial charge in [0.1, 0.15) is 11.4 Å². The van der Waals surface area contributed by atoms with Crippen molar-refractivity contribution in [1.29, 1.82) is 0 Å². The summed E-state index contributed by atoms with van der Waals surface area (Å²) in [7, 11) is 1.59. The molecule has 0 saturated carbocycles. The van der Waals surface area contributed by atoms with Crippen LogP contribution in [0.5, 0.6) is 0 Å². The molecular formula is C12H20N2O3. The van der Waals surface area contributed by atoms with E-state index in [1.807, 2.05) is 13.8 Å². The highest BCUT2D eigenvalue weighted by Crippen LogP contribution is 2.30. The molecule has 1 N–H and O–H groups in total. The van der Waals surface area contributed by atoms with E-state index in [2.05, 4.69) is 4.98 Å². The molecule has 1 aromatic heterocycles. The maximum atomic E-state index is 11.6. The lowest BCUT2D eigenvalue weighted by Gasteiger charge is -2.35. The number of aromatic nitrogens is 2. The summed E-state index contributed by atoms with van der Waals surface area (Å²) in [4.78, 5) is 15.6. The maximum Gasteiger partial charge on any atom is 0.329 e. The van der Waals surface area contributed by atoms with Crippen LogP contribution in [-0.2, 0) is 15.1 Å². The van der Waals surface area contributed by atoms with Gasteiger partial charge in [0.25, 0.3) is 0 Å². The van der Waals surface area contributed by atoms with E-state index in [-0.39, 0.29) is 0 Å². The Balaban J connectivity index is 3.16. The molecule has 1 rings (SSSR count). The van der Waals surface area contributed by atoms with E-state index in [0.717, 1.165) is 0 Å². The van der Waals surface area contributed by atoms with Gasteiger partial charge < -0.3 is 14.4 Å². The molecule has 0 saturated heterocycles. The number of hydrogen-bond donors (Lipinski definition) is 1. The minimum atomic E-state index is -1.06. The Morgan fingerprint density at radius 2 is 2.12 bits per heavy atom. The average molecular weight is 240 g/mol. The molecule has 1 atom stereocenters. The molecule has 0 fully saturated rings. The second kappa shape index (κ2) is 4.49. The summed E-state index contributed by atoms with van der Waals surface area (Å²) in [5.41, 5.74) is -1.57. The van der Waals surface area contributed by atoms with Crippen molar-refractivity contribution in [2.75, 3.05) is 7.11 Å². The van der Waals surface area contributed by atoms with Crippen LogP contribution >= 0.6 is 0 Å². The number of nitrogens with zero attached hydrogens (tertiary/aromatic N) is 2. The highest BCUT2D eigenvalue weighted by Gasteiger charge is 2.41. The molecule has 1 aromatic rings. The standard InChI is InChI=1S/C12H20N2O3/c1-9-13-6-7-14(9)12(4,10(15)16)8-11(2,3)17-5/h6-7H,8H2,1-5H3,(H,15,16). The SMILES string of the molecule is COC(C)(C)CC(C)(C(=O)O)n1ccnc1C. The number of carboxylic acid groups (broad SMARTS) is 1. The first kappa shape index (κ1) is 13.7. The van der Waals surface area contributed by atoms with Crippen molar-refractivity contribution in [3.05, 3.63) is 18.2 Å². The van der Waals surface area contributed by atoms with Crippen molar-refractivity contribution in [2.45, 2.75) is 45.3 Å². The fourth-order valence-electron chi connectivity index (χ4n) is 2.06. The van der Waals surface area contributed by atoms with Crippen LogP contribution in [0.3, 0.4) is 0 Å². The summed E-state index contributed by atoms with van der Waals surface area (Å²) >= 11 is 0. The second-order valence-electron chi connectivity index (χ2n) is 5.06. The Morgan fingerprint density at radius 1 is 1.53 bits per heavy atom. The predicted octanol–water partition coefficient (Wildman–Crippen LogP) is 1.81. The summed E-state index contributed by atoms with van der Waals surface area (Å²) in [6, 6.07) is 0. The van der Waals surface area contributed by atoms with Gasteiger partial charge in [-0.15, -0.1) is 0 Å². The minimum absolute atomic E-state index is 0.364. The van der Waals surface area contributed by atoms with Crippen LogP contribution in [0.1, 0.15) is 33.0 Å². The molecule has 0 aromatic carbocycles. The van der Waals surface area contributed by atoms with Crippen LogP contribution < -0.4 is 0 Å².